The first-order valence-electron chi connectivity index (χ1n) is 12.4. The zero-order valence-electron chi connectivity index (χ0n) is 22.4. The Labute approximate surface area is 219 Å². The molecular formula is C27H37N3O6S. The van der Waals surface area contributed by atoms with E-state index < -0.39 is 34.1 Å². The van der Waals surface area contributed by atoms with Crippen molar-refractivity contribution in [2.45, 2.75) is 66.1 Å². The number of rotatable bonds is 10. The molecule has 2 amide bonds. The third-order valence-corrected chi connectivity index (χ3v) is 7.85. The molecule has 10 heteroatoms. The van der Waals surface area contributed by atoms with Gasteiger partial charge in [0, 0.05) is 18.2 Å². The van der Waals surface area contributed by atoms with Crippen LogP contribution in [0, 0.1) is 6.92 Å². The Morgan fingerprint density at radius 3 is 2.35 bits per heavy atom. The van der Waals surface area contributed by atoms with Crippen LogP contribution in [0.4, 0.5) is 5.69 Å². The molecule has 1 unspecified atom stereocenters. The summed E-state index contributed by atoms with van der Waals surface area (Å²) in [5.74, 6) is -0.0448. The Kier molecular flexibility index (Phi) is 8.73. The van der Waals surface area contributed by atoms with Gasteiger partial charge in [0.25, 0.3) is 0 Å². The Hall–Kier alpha value is -3.27. The minimum atomic E-state index is -3.83. The highest BCUT2D eigenvalue weighted by atomic mass is 32.2. The number of carbonyl (C=O) groups is 2. The second kappa shape index (κ2) is 11.4. The van der Waals surface area contributed by atoms with Crippen molar-refractivity contribution >= 4 is 27.5 Å². The molecule has 1 atom stereocenters. The molecule has 202 valence electrons. The highest BCUT2D eigenvalue weighted by Gasteiger charge is 2.34. The maximum Gasteiger partial charge on any atom is 0.244 e. The van der Waals surface area contributed by atoms with Crippen molar-refractivity contribution in [2.75, 3.05) is 23.4 Å². The van der Waals surface area contributed by atoms with Crippen LogP contribution < -0.4 is 19.1 Å². The number of fused-ring (bicyclic) bond motifs is 1. The smallest absolute Gasteiger partial charge is 0.244 e. The van der Waals surface area contributed by atoms with Crippen molar-refractivity contribution in [3.05, 3.63) is 53.6 Å². The molecule has 2 aromatic carbocycles. The van der Waals surface area contributed by atoms with E-state index in [0.717, 1.165) is 15.4 Å². The summed E-state index contributed by atoms with van der Waals surface area (Å²) in [6, 6.07) is 11.6. The van der Waals surface area contributed by atoms with Crippen LogP contribution in [0.3, 0.4) is 0 Å². The fraction of sp³-hybridized carbons (Fsp3) is 0.481. The van der Waals surface area contributed by atoms with E-state index in [2.05, 4.69) is 5.32 Å². The molecule has 37 heavy (non-hydrogen) atoms. The molecule has 2 aromatic rings. The van der Waals surface area contributed by atoms with E-state index in [1.165, 1.54) is 11.8 Å². The Morgan fingerprint density at radius 2 is 1.73 bits per heavy atom. The molecule has 9 nitrogen and oxygen atoms in total. The summed E-state index contributed by atoms with van der Waals surface area (Å²) in [4.78, 5) is 28.7. The van der Waals surface area contributed by atoms with Gasteiger partial charge in [-0.05, 0) is 64.3 Å². The quantitative estimate of drug-likeness (QED) is 0.502. The second-order valence-electron chi connectivity index (χ2n) is 10.1. The van der Waals surface area contributed by atoms with Crippen molar-refractivity contribution in [1.29, 1.82) is 0 Å². The summed E-state index contributed by atoms with van der Waals surface area (Å²) in [7, 11) is -3.83. The van der Waals surface area contributed by atoms with Crippen molar-refractivity contribution in [3.63, 3.8) is 0 Å². The lowest BCUT2D eigenvalue weighted by molar-refractivity contribution is -0.141. The first-order chi connectivity index (χ1) is 17.4. The normalized spacial score (nSPS) is 13.7. The van der Waals surface area contributed by atoms with Gasteiger partial charge in [-0.1, -0.05) is 31.2 Å². The molecule has 0 saturated heterocycles. The van der Waals surface area contributed by atoms with Crippen molar-refractivity contribution < 1.29 is 27.5 Å². The molecule has 1 N–H and O–H groups in total. The summed E-state index contributed by atoms with van der Waals surface area (Å²) in [5.41, 5.74) is 1.65. The minimum Gasteiger partial charge on any atom is -0.454 e. The second-order valence-corrected chi connectivity index (χ2v) is 12.2. The average molecular weight is 532 g/mol. The van der Waals surface area contributed by atoms with Crippen molar-refractivity contribution in [3.8, 4) is 11.5 Å². The zero-order chi connectivity index (χ0) is 27.4. The number of amides is 2. The Balaban J connectivity index is 2.00. The topological polar surface area (TPSA) is 105 Å². The zero-order valence-corrected chi connectivity index (χ0v) is 23.2. The highest BCUT2D eigenvalue weighted by molar-refractivity contribution is 7.92. The molecule has 0 saturated carbocycles. The Bertz CT molecular complexity index is 1240. The molecular weight excluding hydrogens is 494 g/mol. The molecule has 3 rings (SSSR count). The van der Waals surface area contributed by atoms with Gasteiger partial charge < -0.3 is 19.7 Å². The van der Waals surface area contributed by atoms with Crippen LogP contribution in [0.25, 0.3) is 0 Å². The monoisotopic (exact) mass is 531 g/mol. The maximum atomic E-state index is 13.9. The predicted molar refractivity (Wildman–Crippen MR) is 143 cm³/mol. The standard InChI is InChI=1S/C27H37N3O6S/c1-7-22(26(32)28-27(4,5)6)29(16-20-12-10-9-11-19(20)3)25(31)17-30(37(33,34)8-2)21-13-14-23-24(15-21)36-18-35-23/h9-15,22H,7-8,16-18H2,1-6H3,(H,28,32). The number of nitrogens with one attached hydrogen (secondary N) is 1. The van der Waals surface area contributed by atoms with Crippen LogP contribution in [0.15, 0.2) is 42.5 Å². The number of aryl methyl sites for hydroxylation is 1. The first kappa shape index (κ1) is 28.3. The van der Waals surface area contributed by atoms with Gasteiger partial charge in [-0.3, -0.25) is 13.9 Å². The van der Waals surface area contributed by atoms with Gasteiger partial charge >= 0.3 is 0 Å². The maximum absolute atomic E-state index is 13.9. The van der Waals surface area contributed by atoms with E-state index in [4.69, 9.17) is 9.47 Å². The molecule has 1 aliphatic rings. The number of carbonyl (C=O) groups excluding carboxylic acids is 2. The molecule has 1 aliphatic heterocycles. The van der Waals surface area contributed by atoms with Gasteiger partial charge in [-0.2, -0.15) is 0 Å². The Morgan fingerprint density at radius 1 is 1.05 bits per heavy atom. The number of hydrogen-bond donors (Lipinski definition) is 1. The third-order valence-electron chi connectivity index (χ3n) is 6.11. The molecule has 1 heterocycles. The number of ether oxygens (including phenoxy) is 2. The fourth-order valence-corrected chi connectivity index (χ4v) is 5.16. The number of hydrogen-bond acceptors (Lipinski definition) is 6. The van der Waals surface area contributed by atoms with Crippen LogP contribution >= 0.6 is 0 Å². The van der Waals surface area contributed by atoms with Crippen LogP contribution in [0.5, 0.6) is 11.5 Å². The van der Waals surface area contributed by atoms with Gasteiger partial charge in [0.1, 0.15) is 12.6 Å². The SMILES string of the molecule is CCC(C(=O)NC(C)(C)C)N(Cc1ccccc1C)C(=O)CN(c1ccc2c(c1)OCO2)S(=O)(=O)CC. The number of nitrogens with zero attached hydrogens (tertiary/aromatic N) is 2. The van der Waals surface area contributed by atoms with Crippen molar-refractivity contribution in [1.82, 2.24) is 10.2 Å². The van der Waals surface area contributed by atoms with Gasteiger partial charge in [0.05, 0.1) is 11.4 Å². The highest BCUT2D eigenvalue weighted by Crippen LogP contribution is 2.36. The number of anilines is 1. The van der Waals surface area contributed by atoms with Gasteiger partial charge in [0.2, 0.25) is 28.6 Å². The van der Waals surface area contributed by atoms with Crippen LogP contribution in [-0.2, 0) is 26.2 Å². The summed E-state index contributed by atoms with van der Waals surface area (Å²) in [6.45, 7) is 10.7. The molecule has 0 fully saturated rings. The van der Waals surface area contributed by atoms with Crippen LogP contribution in [0.1, 0.15) is 52.2 Å². The van der Waals surface area contributed by atoms with Gasteiger partial charge in [-0.25, -0.2) is 8.42 Å². The van der Waals surface area contributed by atoms with Crippen molar-refractivity contribution in [2.24, 2.45) is 0 Å². The minimum absolute atomic E-state index is 0.0452. The van der Waals surface area contributed by atoms with E-state index in [1.54, 1.807) is 18.2 Å². The van der Waals surface area contributed by atoms with Gasteiger partial charge in [-0.15, -0.1) is 0 Å². The van der Waals surface area contributed by atoms with E-state index in [9.17, 15) is 18.0 Å². The van der Waals surface area contributed by atoms with Crippen LogP contribution in [-0.4, -0.2) is 55.8 Å². The predicted octanol–water partition coefficient (Wildman–Crippen LogP) is 3.60. The molecule has 0 aromatic heterocycles. The summed E-state index contributed by atoms with van der Waals surface area (Å²) >= 11 is 0. The summed E-state index contributed by atoms with van der Waals surface area (Å²) in [6.07, 6.45) is 0.365. The van der Waals surface area contributed by atoms with E-state index in [0.29, 0.717) is 23.6 Å². The molecule has 0 spiro atoms. The average Bonchev–Trinajstić information content (AvgIpc) is 3.30. The lowest BCUT2D eigenvalue weighted by Gasteiger charge is -2.35. The number of benzene rings is 2. The first-order valence-corrected chi connectivity index (χ1v) is 14.0. The van der Waals surface area contributed by atoms with Gasteiger partial charge in [0.15, 0.2) is 11.5 Å². The number of sulfonamides is 1. The van der Waals surface area contributed by atoms with Crippen LogP contribution in [0.2, 0.25) is 0 Å². The van der Waals surface area contributed by atoms with E-state index in [1.807, 2.05) is 58.9 Å². The molecule has 0 radical (unpaired) electrons. The fourth-order valence-electron chi connectivity index (χ4n) is 4.10. The molecule has 0 bridgehead atoms. The third kappa shape index (κ3) is 6.94. The largest absolute Gasteiger partial charge is 0.454 e. The lowest BCUT2D eigenvalue weighted by atomic mass is 10.0. The van der Waals surface area contributed by atoms with E-state index >= 15 is 0 Å². The lowest BCUT2D eigenvalue weighted by Crippen LogP contribution is -2.55. The molecule has 0 aliphatic carbocycles. The van der Waals surface area contributed by atoms with E-state index in [-0.39, 0.29) is 25.0 Å². The summed E-state index contributed by atoms with van der Waals surface area (Å²) in [5, 5.41) is 2.97. The summed E-state index contributed by atoms with van der Waals surface area (Å²) < 4.78 is 38.1.